The van der Waals surface area contributed by atoms with Crippen LogP contribution in [0.15, 0.2) is 36.5 Å². The molecule has 2 heterocycles. The minimum Gasteiger partial charge on any atom is -0.351 e. The number of carbonyl (C=O) groups is 1. The van der Waals surface area contributed by atoms with Gasteiger partial charge >= 0.3 is 0 Å². The lowest BCUT2D eigenvalue weighted by Crippen LogP contribution is -2.42. The minimum absolute atomic E-state index is 0.0336. The molecule has 0 saturated heterocycles. The predicted molar refractivity (Wildman–Crippen MR) is 102 cm³/mol. The van der Waals surface area contributed by atoms with Crippen molar-refractivity contribution in [3.8, 4) is 0 Å². The van der Waals surface area contributed by atoms with Gasteiger partial charge in [-0.3, -0.25) is 14.1 Å². The Kier molecular flexibility index (Phi) is 5.20. The van der Waals surface area contributed by atoms with Gasteiger partial charge in [0.25, 0.3) is 0 Å². The molecule has 1 amide bonds. The fourth-order valence-corrected chi connectivity index (χ4v) is 3.70. The van der Waals surface area contributed by atoms with E-state index in [1.807, 2.05) is 51.2 Å². The van der Waals surface area contributed by atoms with E-state index in [4.69, 9.17) is 0 Å². The number of likely N-dealkylation sites (N-methyl/N-ethyl adjacent to an activating group) is 1. The zero-order chi connectivity index (χ0) is 18.0. The average molecular weight is 356 g/mol. The highest BCUT2D eigenvalue weighted by Gasteiger charge is 2.20. The van der Waals surface area contributed by atoms with E-state index >= 15 is 0 Å². The zero-order valence-electron chi connectivity index (χ0n) is 15.1. The van der Waals surface area contributed by atoms with Gasteiger partial charge in [-0.25, -0.2) is 4.98 Å². The number of rotatable bonds is 6. The first-order valence-electron chi connectivity index (χ1n) is 8.41. The molecule has 5 nitrogen and oxygen atoms in total. The van der Waals surface area contributed by atoms with E-state index < -0.39 is 0 Å². The van der Waals surface area contributed by atoms with Crippen LogP contribution in [0.1, 0.15) is 28.8 Å². The highest BCUT2D eigenvalue weighted by molar-refractivity contribution is 7.17. The van der Waals surface area contributed by atoms with Crippen molar-refractivity contribution < 1.29 is 4.79 Å². The lowest BCUT2D eigenvalue weighted by atomic mass is 10.2. The van der Waals surface area contributed by atoms with Gasteiger partial charge in [0.2, 0.25) is 5.91 Å². The maximum Gasteiger partial charge on any atom is 0.237 e. The number of benzene rings is 1. The van der Waals surface area contributed by atoms with Gasteiger partial charge < -0.3 is 5.32 Å². The fraction of sp³-hybridized carbons (Fsp3) is 0.368. The molecule has 2 aromatic heterocycles. The number of nitrogens with zero attached hydrogens (tertiary/aromatic N) is 3. The lowest BCUT2D eigenvalue weighted by molar-refractivity contribution is -0.125. The van der Waals surface area contributed by atoms with Crippen molar-refractivity contribution in [2.24, 2.45) is 0 Å². The Labute approximate surface area is 152 Å². The summed E-state index contributed by atoms with van der Waals surface area (Å²) in [5.74, 6) is 0.0336. The van der Waals surface area contributed by atoms with Crippen molar-refractivity contribution in [3.63, 3.8) is 0 Å². The molecule has 1 atom stereocenters. The SMILES string of the molecule is Cc1cn2c(CN(C)C(C)C(=O)NCc3ccccc3)c(C)nc2s1. The van der Waals surface area contributed by atoms with E-state index in [0.29, 0.717) is 13.1 Å². The van der Waals surface area contributed by atoms with Crippen molar-refractivity contribution in [2.45, 2.75) is 39.9 Å². The normalized spacial score (nSPS) is 12.7. The molecule has 3 aromatic rings. The maximum atomic E-state index is 12.5. The number of aromatic nitrogens is 2. The first-order valence-corrected chi connectivity index (χ1v) is 9.23. The topological polar surface area (TPSA) is 49.6 Å². The fourth-order valence-electron chi connectivity index (χ4n) is 2.81. The summed E-state index contributed by atoms with van der Waals surface area (Å²) >= 11 is 1.69. The summed E-state index contributed by atoms with van der Waals surface area (Å²) < 4.78 is 2.14. The van der Waals surface area contributed by atoms with Gasteiger partial charge in [-0.1, -0.05) is 30.3 Å². The van der Waals surface area contributed by atoms with Gasteiger partial charge in [-0.15, -0.1) is 11.3 Å². The van der Waals surface area contributed by atoms with Gasteiger partial charge in [0.15, 0.2) is 4.96 Å². The van der Waals surface area contributed by atoms with Crippen LogP contribution >= 0.6 is 11.3 Å². The van der Waals surface area contributed by atoms with Crippen molar-refractivity contribution in [3.05, 3.63) is 58.4 Å². The minimum atomic E-state index is -0.214. The van der Waals surface area contributed by atoms with E-state index in [9.17, 15) is 4.79 Å². The number of fused-ring (bicyclic) bond motifs is 1. The summed E-state index contributed by atoms with van der Waals surface area (Å²) in [6.07, 6.45) is 2.11. The number of aryl methyl sites for hydroxylation is 2. The van der Waals surface area contributed by atoms with Crippen molar-refractivity contribution in [2.75, 3.05) is 7.05 Å². The van der Waals surface area contributed by atoms with Crippen LogP contribution in [0.5, 0.6) is 0 Å². The lowest BCUT2D eigenvalue weighted by Gasteiger charge is -2.24. The quantitative estimate of drug-likeness (QED) is 0.738. The zero-order valence-corrected chi connectivity index (χ0v) is 15.9. The molecule has 0 bridgehead atoms. The van der Waals surface area contributed by atoms with Crippen LogP contribution in [0.2, 0.25) is 0 Å². The molecule has 0 radical (unpaired) electrons. The van der Waals surface area contributed by atoms with E-state index in [-0.39, 0.29) is 11.9 Å². The second-order valence-electron chi connectivity index (χ2n) is 6.43. The number of carbonyl (C=O) groups excluding carboxylic acids is 1. The molecule has 1 aromatic carbocycles. The van der Waals surface area contributed by atoms with Crippen LogP contribution in [0.4, 0.5) is 0 Å². The highest BCUT2D eigenvalue weighted by atomic mass is 32.1. The molecule has 25 heavy (non-hydrogen) atoms. The number of hydrogen-bond acceptors (Lipinski definition) is 4. The van der Waals surface area contributed by atoms with Crippen LogP contribution in [0, 0.1) is 13.8 Å². The van der Waals surface area contributed by atoms with Crippen molar-refractivity contribution >= 4 is 22.2 Å². The van der Waals surface area contributed by atoms with Crippen molar-refractivity contribution in [1.29, 1.82) is 0 Å². The largest absolute Gasteiger partial charge is 0.351 e. The molecule has 1 unspecified atom stereocenters. The number of imidazole rings is 1. The molecule has 0 aliphatic carbocycles. The second-order valence-corrected chi connectivity index (χ2v) is 7.65. The summed E-state index contributed by atoms with van der Waals surface area (Å²) in [5.41, 5.74) is 3.27. The van der Waals surface area contributed by atoms with E-state index in [1.165, 1.54) is 4.88 Å². The average Bonchev–Trinajstić information content (AvgIpc) is 3.09. The Morgan fingerprint density at radius 2 is 2.04 bits per heavy atom. The summed E-state index contributed by atoms with van der Waals surface area (Å²) in [7, 11) is 1.98. The van der Waals surface area contributed by atoms with Crippen LogP contribution < -0.4 is 5.32 Å². The summed E-state index contributed by atoms with van der Waals surface area (Å²) in [6.45, 7) is 7.29. The van der Waals surface area contributed by atoms with Crippen molar-refractivity contribution in [1.82, 2.24) is 19.6 Å². The Hall–Kier alpha value is -2.18. The van der Waals surface area contributed by atoms with Gasteiger partial charge in [0, 0.05) is 24.2 Å². The maximum absolute atomic E-state index is 12.5. The van der Waals surface area contributed by atoms with Gasteiger partial charge in [0.1, 0.15) is 0 Å². The van der Waals surface area contributed by atoms with Crippen LogP contribution in [-0.4, -0.2) is 33.3 Å². The molecule has 6 heteroatoms. The van der Waals surface area contributed by atoms with Crippen LogP contribution in [0.25, 0.3) is 4.96 Å². The van der Waals surface area contributed by atoms with Gasteiger partial charge in [0.05, 0.1) is 17.4 Å². The predicted octanol–water partition coefficient (Wildman–Crippen LogP) is 3.15. The molecule has 0 fully saturated rings. The van der Waals surface area contributed by atoms with Gasteiger partial charge in [-0.2, -0.15) is 0 Å². The number of nitrogens with one attached hydrogen (secondary N) is 1. The monoisotopic (exact) mass is 356 g/mol. The van der Waals surface area contributed by atoms with E-state index in [2.05, 4.69) is 32.7 Å². The Bertz CT molecular complexity index is 868. The third-order valence-electron chi connectivity index (χ3n) is 4.49. The summed E-state index contributed by atoms with van der Waals surface area (Å²) in [4.78, 5) is 21.4. The van der Waals surface area contributed by atoms with Gasteiger partial charge in [-0.05, 0) is 33.4 Å². The standard InChI is InChI=1S/C19H24N4OS/c1-13-11-23-17(14(2)21-19(23)25-13)12-22(4)15(3)18(24)20-10-16-8-6-5-7-9-16/h5-9,11,15H,10,12H2,1-4H3,(H,20,24). The molecule has 132 valence electrons. The van der Waals surface area contributed by atoms with Crippen LogP contribution in [0.3, 0.4) is 0 Å². The summed E-state index contributed by atoms with van der Waals surface area (Å²) in [6, 6.07) is 9.75. The smallest absolute Gasteiger partial charge is 0.237 e. The highest BCUT2D eigenvalue weighted by Crippen LogP contribution is 2.22. The molecule has 0 aliphatic rings. The Balaban J connectivity index is 1.64. The molecule has 0 saturated carbocycles. The van der Waals surface area contributed by atoms with Crippen LogP contribution in [-0.2, 0) is 17.9 Å². The molecule has 0 spiro atoms. The third kappa shape index (κ3) is 3.91. The third-order valence-corrected chi connectivity index (χ3v) is 5.39. The number of amides is 1. The summed E-state index contributed by atoms with van der Waals surface area (Å²) in [5, 5.41) is 3.01. The second kappa shape index (κ2) is 7.37. The first kappa shape index (κ1) is 17.6. The Morgan fingerprint density at radius 3 is 2.76 bits per heavy atom. The number of hydrogen-bond donors (Lipinski definition) is 1. The molecular formula is C19H24N4OS. The molecule has 3 rings (SSSR count). The molecular weight excluding hydrogens is 332 g/mol. The molecule has 0 aliphatic heterocycles. The van der Waals surface area contributed by atoms with E-state index in [1.54, 1.807) is 11.3 Å². The van der Waals surface area contributed by atoms with E-state index in [0.717, 1.165) is 21.9 Å². The number of thiazole rings is 1. The molecule has 1 N–H and O–H groups in total. The Morgan fingerprint density at radius 1 is 1.32 bits per heavy atom. The first-order chi connectivity index (χ1) is 12.0.